The van der Waals surface area contributed by atoms with Crippen molar-refractivity contribution in [3.8, 4) is 0 Å². The van der Waals surface area contributed by atoms with Gasteiger partial charge in [0.15, 0.2) is 5.69 Å². The lowest BCUT2D eigenvalue weighted by atomic mass is 9.73. The molecule has 2 aliphatic rings. The van der Waals surface area contributed by atoms with Gasteiger partial charge in [-0.25, -0.2) is 0 Å². The van der Waals surface area contributed by atoms with Crippen LogP contribution >= 0.6 is 11.6 Å². The molecule has 0 radical (unpaired) electrons. The van der Waals surface area contributed by atoms with Crippen molar-refractivity contribution in [2.75, 3.05) is 11.9 Å². The summed E-state index contributed by atoms with van der Waals surface area (Å²) >= 11 is 6.36. The van der Waals surface area contributed by atoms with Crippen molar-refractivity contribution in [2.45, 2.75) is 44.6 Å². The van der Waals surface area contributed by atoms with Crippen LogP contribution in [0.5, 0.6) is 0 Å². The van der Waals surface area contributed by atoms with E-state index in [1.165, 1.54) is 0 Å². The first-order valence-electron chi connectivity index (χ1n) is 9.32. The third kappa shape index (κ3) is 2.42. The van der Waals surface area contributed by atoms with Crippen molar-refractivity contribution in [3.05, 3.63) is 46.2 Å². The van der Waals surface area contributed by atoms with Crippen LogP contribution in [-0.4, -0.2) is 39.1 Å². The zero-order valence-electron chi connectivity index (χ0n) is 15.8. The molecule has 2 aliphatic heterocycles. The topological polar surface area (TPSA) is 67.2 Å². The number of para-hydroxylation sites is 1. The first kappa shape index (κ1) is 18.0. The zero-order valence-corrected chi connectivity index (χ0v) is 16.5. The number of aromatic nitrogens is 2. The number of benzene rings is 1. The van der Waals surface area contributed by atoms with Gasteiger partial charge in [0.2, 0.25) is 5.91 Å². The first-order valence-corrected chi connectivity index (χ1v) is 9.70. The van der Waals surface area contributed by atoms with Gasteiger partial charge in [0.1, 0.15) is 0 Å². The van der Waals surface area contributed by atoms with Crippen LogP contribution in [0.3, 0.4) is 0 Å². The fraction of sp³-hybridized carbons (Fsp3) is 0.450. The van der Waals surface area contributed by atoms with Crippen molar-refractivity contribution < 1.29 is 9.59 Å². The summed E-state index contributed by atoms with van der Waals surface area (Å²) in [5.74, 6) is -0.211. The Morgan fingerprint density at radius 2 is 2.15 bits per heavy atom. The molecule has 6 nitrogen and oxygen atoms in total. The summed E-state index contributed by atoms with van der Waals surface area (Å²) < 4.78 is 1.62. The number of carbonyl (C=O) groups is 2. The Balaban J connectivity index is 1.77. The second-order valence-electron chi connectivity index (χ2n) is 7.40. The minimum Gasteiger partial charge on any atom is -0.333 e. The number of amides is 2. The lowest BCUT2D eigenvalue weighted by Gasteiger charge is -2.33. The predicted molar refractivity (Wildman–Crippen MR) is 104 cm³/mol. The van der Waals surface area contributed by atoms with Crippen LogP contribution < -0.4 is 5.32 Å². The first-order chi connectivity index (χ1) is 12.9. The molecule has 1 N–H and O–H groups in total. The predicted octanol–water partition coefficient (Wildman–Crippen LogP) is 3.29. The highest BCUT2D eigenvalue weighted by Crippen LogP contribution is 2.49. The van der Waals surface area contributed by atoms with Gasteiger partial charge >= 0.3 is 0 Å². The number of nitrogens with one attached hydrogen (secondary N) is 1. The molecule has 2 aromatic rings. The van der Waals surface area contributed by atoms with Crippen LogP contribution in [0.25, 0.3) is 0 Å². The number of carbonyl (C=O) groups excluding carboxylic acids is 2. The van der Waals surface area contributed by atoms with Crippen molar-refractivity contribution >= 4 is 29.1 Å². The molecule has 27 heavy (non-hydrogen) atoms. The molecule has 3 heterocycles. The number of nitrogens with zero attached hydrogens (tertiary/aromatic N) is 3. The second kappa shape index (κ2) is 6.37. The largest absolute Gasteiger partial charge is 0.333 e. The van der Waals surface area contributed by atoms with E-state index >= 15 is 0 Å². The molecule has 0 unspecified atom stereocenters. The van der Waals surface area contributed by atoms with Crippen molar-refractivity contribution in [3.63, 3.8) is 0 Å². The SMILES string of the molecule is CCC[C@@H]1N(C(=O)c2nn(C)c(C)c2Cl)CC[C@]12C(=O)Nc1ccccc12. The van der Waals surface area contributed by atoms with E-state index in [0.29, 0.717) is 18.0 Å². The Morgan fingerprint density at radius 3 is 2.81 bits per heavy atom. The Morgan fingerprint density at radius 1 is 1.41 bits per heavy atom. The minimum absolute atomic E-state index is 0.0132. The van der Waals surface area contributed by atoms with Crippen LogP contribution in [0.1, 0.15) is 47.9 Å². The highest BCUT2D eigenvalue weighted by atomic mass is 35.5. The number of hydrogen-bond acceptors (Lipinski definition) is 3. The molecule has 2 atom stereocenters. The van der Waals surface area contributed by atoms with Crippen molar-refractivity contribution in [1.29, 1.82) is 0 Å². The van der Waals surface area contributed by atoms with E-state index in [9.17, 15) is 9.59 Å². The third-order valence-electron chi connectivity index (χ3n) is 6.04. The quantitative estimate of drug-likeness (QED) is 0.880. The molecule has 1 spiro atoms. The molecule has 1 fully saturated rings. The van der Waals surface area contributed by atoms with Gasteiger partial charge in [-0.15, -0.1) is 0 Å². The summed E-state index contributed by atoms with van der Waals surface area (Å²) in [5, 5.41) is 7.72. The standard InChI is InChI=1S/C20H23ClN4O2/c1-4-7-15-20(13-8-5-6-9-14(13)22-19(20)27)10-11-25(15)18(26)17-16(21)12(2)24(3)23-17/h5-6,8-9,15H,4,7,10-11H2,1-3H3,(H,22,27)/t15-,20+/m0/s1. The Labute approximate surface area is 163 Å². The van der Waals surface area contributed by atoms with Crippen LogP contribution in [0.4, 0.5) is 5.69 Å². The van der Waals surface area contributed by atoms with E-state index in [-0.39, 0.29) is 23.6 Å². The van der Waals surface area contributed by atoms with E-state index in [1.807, 2.05) is 31.2 Å². The molecule has 1 aromatic carbocycles. The number of likely N-dealkylation sites (tertiary alicyclic amines) is 1. The van der Waals surface area contributed by atoms with Gasteiger partial charge in [-0.2, -0.15) is 5.10 Å². The van der Waals surface area contributed by atoms with Gasteiger partial charge in [-0.05, 0) is 31.4 Å². The molecule has 0 bridgehead atoms. The van der Waals surface area contributed by atoms with Gasteiger partial charge in [-0.3, -0.25) is 14.3 Å². The van der Waals surface area contributed by atoms with Gasteiger partial charge in [0, 0.05) is 19.3 Å². The number of hydrogen-bond donors (Lipinski definition) is 1. The van der Waals surface area contributed by atoms with E-state index in [4.69, 9.17) is 11.6 Å². The fourth-order valence-electron chi connectivity index (χ4n) is 4.58. The summed E-state index contributed by atoms with van der Waals surface area (Å²) in [6.45, 7) is 4.42. The summed E-state index contributed by atoms with van der Waals surface area (Å²) in [7, 11) is 1.77. The van der Waals surface area contributed by atoms with Crippen molar-refractivity contribution in [2.24, 2.45) is 7.05 Å². The Bertz CT molecular complexity index is 938. The van der Waals surface area contributed by atoms with Gasteiger partial charge in [-0.1, -0.05) is 43.1 Å². The fourth-order valence-corrected chi connectivity index (χ4v) is 4.82. The summed E-state index contributed by atoms with van der Waals surface area (Å²) in [6.07, 6.45) is 2.23. The maximum Gasteiger partial charge on any atom is 0.276 e. The minimum atomic E-state index is -0.696. The molecule has 142 valence electrons. The summed E-state index contributed by atoms with van der Waals surface area (Å²) in [5.41, 5.74) is 2.17. The average molecular weight is 387 g/mol. The number of rotatable bonds is 3. The molecule has 0 aliphatic carbocycles. The zero-order chi connectivity index (χ0) is 19.3. The van der Waals surface area contributed by atoms with E-state index in [2.05, 4.69) is 17.3 Å². The molecule has 4 rings (SSSR count). The molecule has 7 heteroatoms. The number of anilines is 1. The van der Waals surface area contributed by atoms with E-state index in [0.717, 1.165) is 29.8 Å². The number of aryl methyl sites for hydroxylation is 1. The highest BCUT2D eigenvalue weighted by Gasteiger charge is 2.58. The van der Waals surface area contributed by atoms with Crippen LogP contribution in [0.15, 0.2) is 24.3 Å². The van der Waals surface area contributed by atoms with Gasteiger partial charge in [0.05, 0.1) is 22.2 Å². The lowest BCUT2D eigenvalue weighted by Crippen LogP contribution is -2.48. The van der Waals surface area contributed by atoms with Gasteiger partial charge < -0.3 is 10.2 Å². The smallest absolute Gasteiger partial charge is 0.276 e. The van der Waals surface area contributed by atoms with E-state index < -0.39 is 5.41 Å². The van der Waals surface area contributed by atoms with Crippen LogP contribution in [-0.2, 0) is 17.3 Å². The molecular weight excluding hydrogens is 364 g/mol. The number of fused-ring (bicyclic) bond motifs is 2. The van der Waals surface area contributed by atoms with E-state index in [1.54, 1.807) is 16.6 Å². The van der Waals surface area contributed by atoms with Gasteiger partial charge in [0.25, 0.3) is 5.91 Å². The second-order valence-corrected chi connectivity index (χ2v) is 7.77. The molecule has 0 saturated carbocycles. The normalized spacial score (nSPS) is 23.8. The molecular formula is C20H23ClN4O2. The maximum absolute atomic E-state index is 13.3. The summed E-state index contributed by atoms with van der Waals surface area (Å²) in [4.78, 5) is 28.2. The highest BCUT2D eigenvalue weighted by molar-refractivity contribution is 6.34. The van der Waals surface area contributed by atoms with Crippen LogP contribution in [0, 0.1) is 6.92 Å². The van der Waals surface area contributed by atoms with Crippen LogP contribution in [0.2, 0.25) is 5.02 Å². The Hall–Kier alpha value is -2.34. The summed E-state index contributed by atoms with van der Waals surface area (Å²) in [6, 6.07) is 7.59. The molecule has 1 aromatic heterocycles. The maximum atomic E-state index is 13.3. The monoisotopic (exact) mass is 386 g/mol. The lowest BCUT2D eigenvalue weighted by molar-refractivity contribution is -0.121. The Kier molecular flexibility index (Phi) is 4.26. The third-order valence-corrected chi connectivity index (χ3v) is 6.49. The average Bonchev–Trinajstić information content (AvgIpc) is 3.26. The molecule has 1 saturated heterocycles. The van der Waals surface area contributed by atoms with Crippen molar-refractivity contribution in [1.82, 2.24) is 14.7 Å². The molecule has 2 amide bonds. The number of halogens is 1.